The number of carbonyl (C=O) groups is 1. The summed E-state index contributed by atoms with van der Waals surface area (Å²) in [6, 6.07) is 3.14. The number of nitrogens with one attached hydrogen (secondary N) is 1. The van der Waals surface area contributed by atoms with Crippen molar-refractivity contribution in [3.05, 3.63) is 28.7 Å². The summed E-state index contributed by atoms with van der Waals surface area (Å²) in [5.74, 6) is -0.214. The minimum Gasteiger partial charge on any atom is -0.394 e. The van der Waals surface area contributed by atoms with Gasteiger partial charge in [-0.1, -0.05) is 0 Å². The van der Waals surface area contributed by atoms with Crippen molar-refractivity contribution in [1.82, 2.24) is 9.88 Å². The summed E-state index contributed by atoms with van der Waals surface area (Å²) in [6.45, 7) is 1.11. The van der Waals surface area contributed by atoms with Gasteiger partial charge in [0.2, 0.25) is 5.91 Å². The number of ether oxygens (including phenoxy) is 1. The smallest absolute Gasteiger partial charge is 0.274 e. The van der Waals surface area contributed by atoms with Gasteiger partial charge in [0.1, 0.15) is 6.54 Å². The third-order valence-electron chi connectivity index (χ3n) is 2.21. The molecule has 6 nitrogen and oxygen atoms in total. The standard InChI is InChI=1S/C11H17N3O3/c1-17-7-3-5-13-10(15)8-14-6-2-4-9(12)11(14)16/h2,4,6H,3,5,7-8,12H2,1H3,(H,13,15). The molecule has 0 aliphatic rings. The van der Waals surface area contributed by atoms with Gasteiger partial charge in [-0.25, -0.2) is 0 Å². The molecule has 0 saturated heterocycles. The molecule has 0 atom stereocenters. The third-order valence-corrected chi connectivity index (χ3v) is 2.21. The first-order valence-electron chi connectivity index (χ1n) is 5.35. The molecular formula is C11H17N3O3. The molecule has 0 aliphatic carbocycles. The van der Waals surface area contributed by atoms with E-state index in [4.69, 9.17) is 10.5 Å². The summed E-state index contributed by atoms with van der Waals surface area (Å²) in [4.78, 5) is 23.0. The quantitative estimate of drug-likeness (QED) is 0.660. The van der Waals surface area contributed by atoms with Gasteiger partial charge >= 0.3 is 0 Å². The van der Waals surface area contributed by atoms with Gasteiger partial charge in [-0.15, -0.1) is 0 Å². The average Bonchev–Trinajstić information content (AvgIpc) is 2.31. The highest BCUT2D eigenvalue weighted by molar-refractivity contribution is 5.75. The van der Waals surface area contributed by atoms with Crippen LogP contribution in [0.2, 0.25) is 0 Å². The number of hydrogen-bond acceptors (Lipinski definition) is 4. The molecule has 1 rings (SSSR count). The molecule has 0 radical (unpaired) electrons. The number of rotatable bonds is 6. The molecule has 0 bridgehead atoms. The van der Waals surface area contributed by atoms with E-state index in [-0.39, 0.29) is 23.7 Å². The van der Waals surface area contributed by atoms with Crippen LogP contribution in [0.25, 0.3) is 0 Å². The molecule has 1 heterocycles. The molecule has 0 aliphatic heterocycles. The van der Waals surface area contributed by atoms with E-state index in [9.17, 15) is 9.59 Å². The second-order valence-corrected chi connectivity index (χ2v) is 3.59. The molecule has 17 heavy (non-hydrogen) atoms. The summed E-state index contributed by atoms with van der Waals surface area (Å²) in [5, 5.41) is 2.69. The maximum atomic E-state index is 11.5. The van der Waals surface area contributed by atoms with E-state index < -0.39 is 0 Å². The summed E-state index contributed by atoms with van der Waals surface area (Å²) in [6.07, 6.45) is 2.28. The van der Waals surface area contributed by atoms with Gasteiger partial charge in [-0.05, 0) is 18.6 Å². The fourth-order valence-electron chi connectivity index (χ4n) is 1.33. The molecule has 1 amide bonds. The summed E-state index contributed by atoms with van der Waals surface area (Å²) >= 11 is 0. The van der Waals surface area contributed by atoms with E-state index >= 15 is 0 Å². The van der Waals surface area contributed by atoms with Crippen molar-refractivity contribution in [2.75, 3.05) is 26.0 Å². The Kier molecular flexibility index (Phi) is 5.22. The van der Waals surface area contributed by atoms with Gasteiger partial charge in [0, 0.05) is 26.5 Å². The van der Waals surface area contributed by atoms with E-state index in [0.717, 1.165) is 6.42 Å². The molecular weight excluding hydrogens is 222 g/mol. The molecule has 0 saturated carbocycles. The van der Waals surface area contributed by atoms with Crippen molar-refractivity contribution in [1.29, 1.82) is 0 Å². The lowest BCUT2D eigenvalue weighted by Crippen LogP contribution is -2.33. The lowest BCUT2D eigenvalue weighted by molar-refractivity contribution is -0.121. The minimum atomic E-state index is -0.348. The van der Waals surface area contributed by atoms with Crippen LogP contribution in [0.15, 0.2) is 23.1 Å². The second-order valence-electron chi connectivity index (χ2n) is 3.59. The number of nitrogen functional groups attached to an aromatic ring is 1. The number of nitrogens with two attached hydrogens (primary N) is 1. The molecule has 3 N–H and O–H groups in total. The molecule has 1 aromatic rings. The van der Waals surface area contributed by atoms with Crippen LogP contribution in [0.5, 0.6) is 0 Å². The first-order chi connectivity index (χ1) is 8.15. The van der Waals surface area contributed by atoms with Gasteiger partial charge in [-0.2, -0.15) is 0 Å². The highest BCUT2D eigenvalue weighted by atomic mass is 16.5. The van der Waals surface area contributed by atoms with Crippen molar-refractivity contribution < 1.29 is 9.53 Å². The number of pyridine rings is 1. The Hall–Kier alpha value is -1.82. The Balaban J connectivity index is 2.46. The second kappa shape index (κ2) is 6.70. The van der Waals surface area contributed by atoms with Crippen molar-refractivity contribution in [3.8, 4) is 0 Å². The van der Waals surface area contributed by atoms with E-state index in [0.29, 0.717) is 13.2 Å². The predicted molar refractivity (Wildman–Crippen MR) is 64.6 cm³/mol. The zero-order valence-corrected chi connectivity index (χ0v) is 9.81. The highest BCUT2D eigenvalue weighted by Crippen LogP contribution is 1.91. The normalized spacial score (nSPS) is 10.2. The van der Waals surface area contributed by atoms with Crippen LogP contribution >= 0.6 is 0 Å². The largest absolute Gasteiger partial charge is 0.394 e. The number of nitrogens with zero attached hydrogens (tertiary/aromatic N) is 1. The summed E-state index contributed by atoms with van der Waals surface area (Å²) in [7, 11) is 1.61. The molecule has 1 aromatic heterocycles. The van der Waals surface area contributed by atoms with Crippen LogP contribution in [0, 0.1) is 0 Å². The number of amides is 1. The van der Waals surface area contributed by atoms with Crippen LogP contribution in [-0.2, 0) is 16.1 Å². The van der Waals surface area contributed by atoms with Crippen LogP contribution in [0.3, 0.4) is 0 Å². The highest BCUT2D eigenvalue weighted by Gasteiger charge is 2.04. The first kappa shape index (κ1) is 13.2. The van der Waals surface area contributed by atoms with Gasteiger partial charge in [0.25, 0.3) is 5.56 Å². The fourth-order valence-corrected chi connectivity index (χ4v) is 1.33. The number of hydrogen-bond donors (Lipinski definition) is 2. The number of anilines is 1. The summed E-state index contributed by atoms with van der Waals surface area (Å²) in [5.41, 5.74) is 5.25. The van der Waals surface area contributed by atoms with Crippen molar-refractivity contribution >= 4 is 11.6 Å². The van der Waals surface area contributed by atoms with Gasteiger partial charge in [0.15, 0.2) is 0 Å². The Morgan fingerprint density at radius 2 is 2.35 bits per heavy atom. The third kappa shape index (κ3) is 4.28. The topological polar surface area (TPSA) is 86.3 Å². The maximum Gasteiger partial charge on any atom is 0.274 e. The van der Waals surface area contributed by atoms with Crippen LogP contribution in [0.4, 0.5) is 5.69 Å². The number of carbonyl (C=O) groups excluding carboxylic acids is 1. The van der Waals surface area contributed by atoms with Crippen molar-refractivity contribution in [3.63, 3.8) is 0 Å². The molecule has 0 unspecified atom stereocenters. The number of aromatic nitrogens is 1. The predicted octanol–water partition coefficient (Wildman–Crippen LogP) is -0.417. The van der Waals surface area contributed by atoms with Crippen LogP contribution in [0.1, 0.15) is 6.42 Å². The van der Waals surface area contributed by atoms with Crippen molar-refractivity contribution in [2.24, 2.45) is 0 Å². The van der Waals surface area contributed by atoms with Gasteiger partial charge in [0.05, 0.1) is 5.69 Å². The molecule has 0 fully saturated rings. The molecule has 0 aromatic carbocycles. The monoisotopic (exact) mass is 239 g/mol. The SMILES string of the molecule is COCCCNC(=O)Cn1cccc(N)c1=O. The van der Waals surface area contributed by atoms with Gasteiger partial charge in [-0.3, -0.25) is 9.59 Å². The van der Waals surface area contributed by atoms with Gasteiger partial charge < -0.3 is 20.4 Å². The van der Waals surface area contributed by atoms with E-state index in [1.807, 2.05) is 0 Å². The maximum absolute atomic E-state index is 11.5. The van der Waals surface area contributed by atoms with Crippen LogP contribution in [-0.4, -0.2) is 30.7 Å². The average molecular weight is 239 g/mol. The Labute approximate surface area is 99.4 Å². The Morgan fingerprint density at radius 3 is 3.06 bits per heavy atom. The fraction of sp³-hybridized carbons (Fsp3) is 0.455. The zero-order chi connectivity index (χ0) is 12.7. The van der Waals surface area contributed by atoms with E-state index in [1.165, 1.54) is 16.8 Å². The lowest BCUT2D eigenvalue weighted by Gasteiger charge is -2.07. The van der Waals surface area contributed by atoms with E-state index in [2.05, 4.69) is 5.32 Å². The van der Waals surface area contributed by atoms with Crippen molar-refractivity contribution in [2.45, 2.75) is 13.0 Å². The molecule has 0 spiro atoms. The lowest BCUT2D eigenvalue weighted by atomic mass is 10.4. The Morgan fingerprint density at radius 1 is 1.59 bits per heavy atom. The Bertz CT molecular complexity index is 428. The summed E-state index contributed by atoms with van der Waals surface area (Å²) < 4.78 is 6.13. The zero-order valence-electron chi connectivity index (χ0n) is 9.81. The molecule has 6 heteroatoms. The molecule has 94 valence electrons. The van der Waals surface area contributed by atoms with Crippen LogP contribution < -0.4 is 16.6 Å². The number of methoxy groups -OCH3 is 1. The first-order valence-corrected chi connectivity index (χ1v) is 5.35. The van der Waals surface area contributed by atoms with E-state index in [1.54, 1.807) is 13.2 Å². The minimum absolute atomic E-state index is 0.0170.